The summed E-state index contributed by atoms with van der Waals surface area (Å²) < 4.78 is 5.91. The Bertz CT molecular complexity index is 1130. The fourth-order valence-corrected chi connectivity index (χ4v) is 4.38. The minimum atomic E-state index is -0.216. The third-order valence-corrected chi connectivity index (χ3v) is 6.53. The van der Waals surface area contributed by atoms with E-state index in [4.69, 9.17) is 4.74 Å². The molecule has 0 unspecified atom stereocenters. The number of rotatable bonds is 16. The van der Waals surface area contributed by atoms with Gasteiger partial charge in [-0.15, -0.1) is 0 Å². The lowest BCUT2D eigenvalue weighted by Crippen LogP contribution is -2.37. The van der Waals surface area contributed by atoms with Crippen molar-refractivity contribution in [1.82, 2.24) is 5.32 Å². The van der Waals surface area contributed by atoms with Crippen LogP contribution >= 0.6 is 0 Å². The second-order valence-corrected chi connectivity index (χ2v) is 9.94. The number of hydrogen-bond acceptors (Lipinski definition) is 3. The topological polar surface area (TPSA) is 70.7 Å². The fraction of sp³-hybridized carbons (Fsp3) is 0.394. The SMILES string of the molecule is CCCCCCCCCC(=O)NCCCN(C(=O)Nc1cccc(C)c1)c1ccc(Oc2ccccc2)cc1. The Kier molecular flexibility index (Phi) is 12.9. The molecule has 0 bridgehead atoms. The predicted molar refractivity (Wildman–Crippen MR) is 161 cm³/mol. The summed E-state index contributed by atoms with van der Waals surface area (Å²) in [4.78, 5) is 27.3. The van der Waals surface area contributed by atoms with Crippen LogP contribution in [0.25, 0.3) is 0 Å². The number of ether oxygens (including phenoxy) is 1. The number of hydrogen-bond donors (Lipinski definition) is 2. The normalized spacial score (nSPS) is 10.6. The minimum Gasteiger partial charge on any atom is -0.457 e. The molecule has 0 atom stereocenters. The fourth-order valence-electron chi connectivity index (χ4n) is 4.38. The molecule has 0 radical (unpaired) electrons. The van der Waals surface area contributed by atoms with Crippen molar-refractivity contribution < 1.29 is 14.3 Å². The molecule has 208 valence electrons. The number of benzene rings is 3. The van der Waals surface area contributed by atoms with Gasteiger partial charge >= 0.3 is 6.03 Å². The molecule has 3 aromatic carbocycles. The standard InChI is InChI=1S/C33H43N3O3/c1-3-4-5-6-7-8-12-19-32(37)34-24-14-25-36(33(38)35-28-16-13-15-27(2)26-28)29-20-22-31(23-21-29)39-30-17-10-9-11-18-30/h9-11,13,15-18,20-23,26H,3-8,12,14,19,24-25H2,1-2H3,(H,34,37)(H,35,38). The molecule has 39 heavy (non-hydrogen) atoms. The number of anilines is 2. The first-order valence-electron chi connectivity index (χ1n) is 14.3. The van der Waals surface area contributed by atoms with Crippen LogP contribution in [0.2, 0.25) is 0 Å². The Morgan fingerprint density at radius 3 is 2.18 bits per heavy atom. The Hall–Kier alpha value is -3.80. The molecule has 0 aliphatic carbocycles. The number of urea groups is 1. The van der Waals surface area contributed by atoms with Gasteiger partial charge in [0.25, 0.3) is 0 Å². The van der Waals surface area contributed by atoms with Crippen molar-refractivity contribution >= 4 is 23.3 Å². The van der Waals surface area contributed by atoms with Gasteiger partial charge in [0.15, 0.2) is 0 Å². The van der Waals surface area contributed by atoms with Crippen LogP contribution < -0.4 is 20.3 Å². The van der Waals surface area contributed by atoms with Crippen molar-refractivity contribution in [2.24, 2.45) is 0 Å². The lowest BCUT2D eigenvalue weighted by atomic mass is 10.1. The smallest absolute Gasteiger partial charge is 0.326 e. The van der Waals surface area contributed by atoms with Crippen LogP contribution in [-0.2, 0) is 4.79 Å². The summed E-state index contributed by atoms with van der Waals surface area (Å²) in [7, 11) is 0. The first-order valence-corrected chi connectivity index (χ1v) is 14.3. The number of nitrogens with one attached hydrogen (secondary N) is 2. The molecule has 3 rings (SSSR count). The van der Waals surface area contributed by atoms with Crippen molar-refractivity contribution in [3.63, 3.8) is 0 Å². The quantitative estimate of drug-likeness (QED) is 0.183. The van der Waals surface area contributed by atoms with Gasteiger partial charge in [0.1, 0.15) is 11.5 Å². The third-order valence-electron chi connectivity index (χ3n) is 6.53. The van der Waals surface area contributed by atoms with Gasteiger partial charge in [-0.2, -0.15) is 0 Å². The number of carbonyl (C=O) groups excluding carboxylic acids is 2. The van der Waals surface area contributed by atoms with Crippen molar-refractivity contribution in [2.45, 2.75) is 71.6 Å². The number of aryl methyl sites for hydroxylation is 1. The van der Waals surface area contributed by atoms with E-state index in [-0.39, 0.29) is 11.9 Å². The van der Waals surface area contributed by atoms with Gasteiger partial charge < -0.3 is 15.4 Å². The zero-order valence-corrected chi connectivity index (χ0v) is 23.5. The summed E-state index contributed by atoms with van der Waals surface area (Å²) in [6, 6.07) is 24.6. The van der Waals surface area contributed by atoms with E-state index in [1.165, 1.54) is 32.1 Å². The monoisotopic (exact) mass is 529 g/mol. The van der Waals surface area contributed by atoms with E-state index in [1.54, 1.807) is 4.90 Å². The van der Waals surface area contributed by atoms with E-state index in [1.807, 2.05) is 85.8 Å². The number of carbonyl (C=O) groups is 2. The summed E-state index contributed by atoms with van der Waals surface area (Å²) in [5.74, 6) is 1.54. The molecular formula is C33H43N3O3. The summed E-state index contributed by atoms with van der Waals surface area (Å²) in [6.45, 7) is 5.21. The molecule has 0 aliphatic rings. The zero-order valence-electron chi connectivity index (χ0n) is 23.5. The second kappa shape index (κ2) is 16.9. The van der Waals surface area contributed by atoms with Gasteiger partial charge in [0.2, 0.25) is 5.91 Å². The summed E-state index contributed by atoms with van der Waals surface area (Å²) >= 11 is 0. The summed E-state index contributed by atoms with van der Waals surface area (Å²) in [6.07, 6.45) is 9.55. The Labute approximate surface area is 233 Å². The van der Waals surface area contributed by atoms with Crippen LogP contribution in [0.5, 0.6) is 11.5 Å². The summed E-state index contributed by atoms with van der Waals surface area (Å²) in [5.41, 5.74) is 2.58. The van der Waals surface area contributed by atoms with Gasteiger partial charge in [-0.1, -0.05) is 75.8 Å². The van der Waals surface area contributed by atoms with Crippen LogP contribution in [0.4, 0.5) is 16.2 Å². The number of para-hydroxylation sites is 1. The van der Waals surface area contributed by atoms with Gasteiger partial charge in [-0.25, -0.2) is 4.79 Å². The van der Waals surface area contributed by atoms with E-state index in [0.29, 0.717) is 31.7 Å². The maximum atomic E-state index is 13.3. The van der Waals surface area contributed by atoms with Crippen molar-refractivity contribution in [2.75, 3.05) is 23.3 Å². The molecule has 0 saturated heterocycles. The van der Waals surface area contributed by atoms with Crippen LogP contribution in [-0.4, -0.2) is 25.0 Å². The molecule has 3 amide bonds. The van der Waals surface area contributed by atoms with E-state index in [2.05, 4.69) is 17.6 Å². The Morgan fingerprint density at radius 2 is 1.46 bits per heavy atom. The molecule has 0 aromatic heterocycles. The van der Waals surface area contributed by atoms with E-state index in [9.17, 15) is 9.59 Å². The van der Waals surface area contributed by atoms with Crippen molar-refractivity contribution in [1.29, 1.82) is 0 Å². The van der Waals surface area contributed by atoms with E-state index in [0.717, 1.165) is 35.5 Å². The van der Waals surface area contributed by atoms with Crippen molar-refractivity contribution in [3.8, 4) is 11.5 Å². The second-order valence-electron chi connectivity index (χ2n) is 9.94. The van der Waals surface area contributed by atoms with Crippen LogP contribution in [0, 0.1) is 6.92 Å². The molecule has 0 fully saturated rings. The predicted octanol–water partition coefficient (Wildman–Crippen LogP) is 8.47. The lowest BCUT2D eigenvalue weighted by Gasteiger charge is -2.24. The number of unbranched alkanes of at least 4 members (excludes halogenated alkanes) is 6. The lowest BCUT2D eigenvalue weighted by molar-refractivity contribution is -0.121. The molecule has 2 N–H and O–H groups in total. The highest BCUT2D eigenvalue weighted by Gasteiger charge is 2.16. The van der Waals surface area contributed by atoms with Gasteiger partial charge in [-0.05, 0) is 73.9 Å². The molecular weight excluding hydrogens is 486 g/mol. The van der Waals surface area contributed by atoms with Crippen LogP contribution in [0.1, 0.15) is 70.3 Å². The maximum Gasteiger partial charge on any atom is 0.326 e. The largest absolute Gasteiger partial charge is 0.457 e. The van der Waals surface area contributed by atoms with Crippen molar-refractivity contribution in [3.05, 3.63) is 84.4 Å². The molecule has 3 aromatic rings. The summed E-state index contributed by atoms with van der Waals surface area (Å²) in [5, 5.41) is 6.02. The third kappa shape index (κ3) is 11.2. The van der Waals surface area contributed by atoms with E-state index >= 15 is 0 Å². The minimum absolute atomic E-state index is 0.0849. The average molecular weight is 530 g/mol. The number of nitrogens with zero attached hydrogens (tertiary/aromatic N) is 1. The Balaban J connectivity index is 1.53. The molecule has 0 spiro atoms. The highest BCUT2D eigenvalue weighted by atomic mass is 16.5. The van der Waals surface area contributed by atoms with Gasteiger partial charge in [-0.3, -0.25) is 9.69 Å². The highest BCUT2D eigenvalue weighted by molar-refractivity contribution is 6.01. The van der Waals surface area contributed by atoms with E-state index < -0.39 is 0 Å². The molecule has 0 heterocycles. The van der Waals surface area contributed by atoms with Gasteiger partial charge in [0, 0.05) is 30.9 Å². The Morgan fingerprint density at radius 1 is 0.769 bits per heavy atom. The molecule has 0 saturated carbocycles. The maximum absolute atomic E-state index is 13.3. The van der Waals surface area contributed by atoms with Crippen LogP contribution in [0.15, 0.2) is 78.9 Å². The van der Waals surface area contributed by atoms with Gasteiger partial charge in [0.05, 0.1) is 0 Å². The molecule has 6 heteroatoms. The average Bonchev–Trinajstić information content (AvgIpc) is 2.94. The van der Waals surface area contributed by atoms with Crippen LogP contribution in [0.3, 0.4) is 0 Å². The first-order chi connectivity index (χ1) is 19.0. The zero-order chi connectivity index (χ0) is 27.7. The highest BCUT2D eigenvalue weighted by Crippen LogP contribution is 2.25. The molecule has 6 nitrogen and oxygen atoms in total. The first kappa shape index (κ1) is 29.8. The molecule has 0 aliphatic heterocycles. The number of amides is 3.